The lowest BCUT2D eigenvalue weighted by Gasteiger charge is -2.20. The van der Waals surface area contributed by atoms with Crippen LogP contribution in [0.1, 0.15) is 44.9 Å². The third kappa shape index (κ3) is 1.79. The zero-order valence-electron chi connectivity index (χ0n) is 9.00. The minimum atomic E-state index is 0.0411. The molecule has 0 spiro atoms. The molecule has 0 aromatic rings. The smallest absolute Gasteiger partial charge is 0.308 e. The number of fused-ring (bicyclic) bond motifs is 1. The Labute approximate surface area is 86.0 Å². The van der Waals surface area contributed by atoms with Crippen molar-refractivity contribution in [3.05, 3.63) is 0 Å². The van der Waals surface area contributed by atoms with E-state index >= 15 is 0 Å². The van der Waals surface area contributed by atoms with Gasteiger partial charge in [-0.25, -0.2) is 0 Å². The molecule has 2 aliphatic carbocycles. The summed E-state index contributed by atoms with van der Waals surface area (Å²) in [6, 6.07) is 0. The molecule has 2 aliphatic rings. The minimum absolute atomic E-state index is 0.0411. The van der Waals surface area contributed by atoms with Gasteiger partial charge in [-0.15, -0.1) is 0 Å². The lowest BCUT2D eigenvalue weighted by molar-refractivity contribution is -0.147. The first-order valence-corrected chi connectivity index (χ1v) is 5.90. The lowest BCUT2D eigenvalue weighted by atomic mass is 9.86. The molecule has 80 valence electrons. The van der Waals surface area contributed by atoms with Crippen molar-refractivity contribution >= 4 is 5.97 Å². The Balaban J connectivity index is 2.03. The van der Waals surface area contributed by atoms with Gasteiger partial charge in [-0.3, -0.25) is 4.79 Å². The van der Waals surface area contributed by atoms with Gasteiger partial charge in [0.15, 0.2) is 0 Å². The molecular formula is C12H20O2. The zero-order chi connectivity index (χ0) is 9.97. The quantitative estimate of drug-likeness (QED) is 0.603. The van der Waals surface area contributed by atoms with Gasteiger partial charge in [0, 0.05) is 0 Å². The summed E-state index contributed by atoms with van der Waals surface area (Å²) in [5.74, 6) is 1.73. The van der Waals surface area contributed by atoms with Crippen LogP contribution in [-0.2, 0) is 9.53 Å². The highest BCUT2D eigenvalue weighted by atomic mass is 16.5. The van der Waals surface area contributed by atoms with Gasteiger partial charge in [-0.2, -0.15) is 0 Å². The van der Waals surface area contributed by atoms with E-state index in [-0.39, 0.29) is 11.9 Å². The van der Waals surface area contributed by atoms with Crippen LogP contribution < -0.4 is 0 Å². The summed E-state index contributed by atoms with van der Waals surface area (Å²) >= 11 is 0. The normalized spacial score (nSPS) is 37.4. The second-order valence-electron chi connectivity index (χ2n) is 4.77. The van der Waals surface area contributed by atoms with Crippen LogP contribution in [0.25, 0.3) is 0 Å². The Morgan fingerprint density at radius 1 is 1.07 bits per heavy atom. The van der Waals surface area contributed by atoms with Crippen LogP contribution in [0.2, 0.25) is 0 Å². The summed E-state index contributed by atoms with van der Waals surface area (Å²) in [6.45, 7) is 0. The molecule has 3 atom stereocenters. The van der Waals surface area contributed by atoms with E-state index in [1.165, 1.54) is 45.6 Å². The molecular weight excluding hydrogens is 176 g/mol. The Bertz CT molecular complexity index is 212. The molecule has 0 N–H and O–H groups in total. The van der Waals surface area contributed by atoms with E-state index in [1.54, 1.807) is 0 Å². The standard InChI is InChI=1S/C12H20O2/c1-14-12(13)11-8-7-9-5-3-2-4-6-10(9)11/h9-11H,2-8H2,1H3/t9-,10-,11?/m0/s1. The number of hydrogen-bond donors (Lipinski definition) is 0. The number of hydrogen-bond acceptors (Lipinski definition) is 2. The average molecular weight is 196 g/mol. The van der Waals surface area contributed by atoms with Crippen molar-refractivity contribution in [2.75, 3.05) is 7.11 Å². The van der Waals surface area contributed by atoms with Crippen LogP contribution in [-0.4, -0.2) is 13.1 Å². The number of ether oxygens (including phenoxy) is 1. The first kappa shape index (κ1) is 10.0. The molecule has 2 nitrogen and oxygen atoms in total. The van der Waals surface area contributed by atoms with Gasteiger partial charge in [-0.05, 0) is 31.1 Å². The van der Waals surface area contributed by atoms with Crippen molar-refractivity contribution < 1.29 is 9.53 Å². The second-order valence-corrected chi connectivity index (χ2v) is 4.77. The Morgan fingerprint density at radius 2 is 1.86 bits per heavy atom. The molecule has 2 fully saturated rings. The lowest BCUT2D eigenvalue weighted by Crippen LogP contribution is -2.22. The number of esters is 1. The van der Waals surface area contributed by atoms with Crippen molar-refractivity contribution in [2.45, 2.75) is 44.9 Å². The number of rotatable bonds is 1. The van der Waals surface area contributed by atoms with Crippen LogP contribution in [0.5, 0.6) is 0 Å². The molecule has 2 saturated carbocycles. The van der Waals surface area contributed by atoms with Gasteiger partial charge in [0.2, 0.25) is 0 Å². The molecule has 1 unspecified atom stereocenters. The van der Waals surface area contributed by atoms with Gasteiger partial charge < -0.3 is 4.74 Å². The molecule has 2 rings (SSSR count). The fourth-order valence-corrected chi connectivity index (χ4v) is 3.35. The Kier molecular flexibility index (Phi) is 3.09. The van der Waals surface area contributed by atoms with Gasteiger partial charge in [0.25, 0.3) is 0 Å². The van der Waals surface area contributed by atoms with Crippen molar-refractivity contribution in [1.29, 1.82) is 0 Å². The molecule has 0 aromatic carbocycles. The maximum Gasteiger partial charge on any atom is 0.308 e. The molecule has 0 amide bonds. The highest BCUT2D eigenvalue weighted by Crippen LogP contribution is 2.45. The van der Waals surface area contributed by atoms with E-state index in [4.69, 9.17) is 4.74 Å². The van der Waals surface area contributed by atoms with E-state index in [1.807, 2.05) is 0 Å². The highest BCUT2D eigenvalue weighted by Gasteiger charge is 2.40. The predicted octanol–water partition coefficient (Wildman–Crippen LogP) is 2.77. The number of methoxy groups -OCH3 is 1. The Morgan fingerprint density at radius 3 is 2.64 bits per heavy atom. The summed E-state index contributed by atoms with van der Waals surface area (Å²) in [4.78, 5) is 11.6. The largest absolute Gasteiger partial charge is 0.469 e. The number of carbonyl (C=O) groups is 1. The van der Waals surface area contributed by atoms with Crippen molar-refractivity contribution in [2.24, 2.45) is 17.8 Å². The van der Waals surface area contributed by atoms with Crippen LogP contribution in [0.4, 0.5) is 0 Å². The second kappa shape index (κ2) is 4.33. The molecule has 0 aliphatic heterocycles. The maximum atomic E-state index is 11.6. The van der Waals surface area contributed by atoms with Gasteiger partial charge in [-0.1, -0.05) is 25.7 Å². The topological polar surface area (TPSA) is 26.3 Å². The van der Waals surface area contributed by atoms with Gasteiger partial charge in [0.05, 0.1) is 13.0 Å². The Hall–Kier alpha value is -0.530. The van der Waals surface area contributed by atoms with Crippen molar-refractivity contribution in [1.82, 2.24) is 0 Å². The summed E-state index contributed by atoms with van der Waals surface area (Å²) in [5, 5.41) is 0. The monoisotopic (exact) mass is 196 g/mol. The molecule has 2 heteroatoms. The van der Waals surface area contributed by atoms with Gasteiger partial charge >= 0.3 is 5.97 Å². The molecule has 14 heavy (non-hydrogen) atoms. The summed E-state index contributed by atoms with van der Waals surface area (Å²) < 4.78 is 4.89. The predicted molar refractivity (Wildman–Crippen MR) is 54.8 cm³/mol. The molecule has 0 saturated heterocycles. The van der Waals surface area contributed by atoms with E-state index in [0.29, 0.717) is 5.92 Å². The SMILES string of the molecule is COC(=O)C1CC[C@@H]2CCCCC[C@H]12. The molecule has 0 radical (unpaired) electrons. The fourth-order valence-electron chi connectivity index (χ4n) is 3.35. The summed E-state index contributed by atoms with van der Waals surface area (Å²) in [6.07, 6.45) is 8.97. The average Bonchev–Trinajstić information content (AvgIpc) is 2.46. The van der Waals surface area contributed by atoms with E-state index in [9.17, 15) is 4.79 Å². The fraction of sp³-hybridized carbons (Fsp3) is 0.917. The van der Waals surface area contributed by atoms with E-state index in [0.717, 1.165) is 12.3 Å². The third-order valence-corrected chi connectivity index (χ3v) is 4.09. The third-order valence-electron chi connectivity index (χ3n) is 4.09. The first-order chi connectivity index (χ1) is 6.83. The van der Waals surface area contributed by atoms with Crippen molar-refractivity contribution in [3.8, 4) is 0 Å². The van der Waals surface area contributed by atoms with Crippen LogP contribution >= 0.6 is 0 Å². The van der Waals surface area contributed by atoms with Crippen LogP contribution in [0.3, 0.4) is 0 Å². The minimum Gasteiger partial charge on any atom is -0.469 e. The summed E-state index contributed by atoms with van der Waals surface area (Å²) in [5.41, 5.74) is 0. The van der Waals surface area contributed by atoms with Gasteiger partial charge in [0.1, 0.15) is 0 Å². The maximum absolute atomic E-state index is 11.6. The van der Waals surface area contributed by atoms with Crippen LogP contribution in [0, 0.1) is 17.8 Å². The van der Waals surface area contributed by atoms with E-state index < -0.39 is 0 Å². The first-order valence-electron chi connectivity index (χ1n) is 5.90. The zero-order valence-corrected chi connectivity index (χ0v) is 9.00. The summed E-state index contributed by atoms with van der Waals surface area (Å²) in [7, 11) is 1.52. The van der Waals surface area contributed by atoms with Crippen molar-refractivity contribution in [3.63, 3.8) is 0 Å². The molecule has 0 bridgehead atoms. The number of carbonyl (C=O) groups excluding carboxylic acids is 1. The molecule has 0 heterocycles. The highest BCUT2D eigenvalue weighted by molar-refractivity contribution is 5.73. The van der Waals surface area contributed by atoms with Crippen LogP contribution in [0.15, 0.2) is 0 Å². The van der Waals surface area contributed by atoms with E-state index in [2.05, 4.69) is 0 Å². The molecule has 0 aromatic heterocycles.